The van der Waals surface area contributed by atoms with Gasteiger partial charge in [0.2, 0.25) is 0 Å². The molecule has 5 unspecified atom stereocenters. The zero-order chi connectivity index (χ0) is 41.8. The smallest absolute Gasteiger partial charge is 0.187 e. The first-order valence-electron chi connectivity index (χ1n) is 21.5. The van der Waals surface area contributed by atoms with Crippen LogP contribution in [-0.4, -0.2) is 161 Å². The Morgan fingerprint density at radius 3 is 1.88 bits per heavy atom. The third kappa shape index (κ3) is 6.63. The maximum absolute atomic E-state index is 12.4. The van der Waals surface area contributed by atoms with E-state index in [-0.39, 0.29) is 46.0 Å². The minimum atomic E-state index is -1.58. The van der Waals surface area contributed by atoms with Crippen molar-refractivity contribution in [2.75, 3.05) is 19.8 Å². The van der Waals surface area contributed by atoms with Gasteiger partial charge in [-0.3, -0.25) is 0 Å². The topological polar surface area (TPSA) is 259 Å². The van der Waals surface area contributed by atoms with Crippen LogP contribution in [0.15, 0.2) is 0 Å². The average Bonchev–Trinajstić information content (AvgIpc) is 3.73. The highest BCUT2D eigenvalue weighted by Crippen LogP contribution is 2.89. The van der Waals surface area contributed by atoms with E-state index < -0.39 is 104 Å². The van der Waals surface area contributed by atoms with Gasteiger partial charge >= 0.3 is 0 Å². The molecule has 0 radical (unpaired) electrons. The van der Waals surface area contributed by atoms with Crippen molar-refractivity contribution < 1.29 is 75.1 Å². The monoisotopic (exact) mass is 816 g/mol. The van der Waals surface area contributed by atoms with Crippen LogP contribution in [0.25, 0.3) is 0 Å². The van der Waals surface area contributed by atoms with Crippen LogP contribution in [0.2, 0.25) is 0 Å². The molecular weight excluding hydrogens is 744 g/mol. The van der Waals surface area contributed by atoms with Gasteiger partial charge in [0.25, 0.3) is 0 Å². The summed E-state index contributed by atoms with van der Waals surface area (Å²) in [4.78, 5) is 0. The SMILES string of the molecule is C[C@H](CC[C@@H](O[C@@H]1O[C@H](CO)[C@@H](O)[C@H](O)[C@H]1O)C(C)(C)O)C1CC[C@@]2(C)C3[C@@H](O)CC4C5(CC[C@H](O[C@@H]6O[C@H](CO)[C@@H](O)[C@H](O)[C@H]6O)[C@]4(C)CO)CC35CC[C@]12C. The molecule has 15 nitrogen and oxygen atoms in total. The van der Waals surface area contributed by atoms with Gasteiger partial charge in [0.15, 0.2) is 12.6 Å². The van der Waals surface area contributed by atoms with Crippen LogP contribution < -0.4 is 0 Å². The third-order valence-electron chi connectivity index (χ3n) is 17.9. The lowest BCUT2D eigenvalue weighted by Gasteiger charge is -2.65. The van der Waals surface area contributed by atoms with E-state index in [4.69, 9.17) is 18.9 Å². The molecule has 5 saturated carbocycles. The summed E-state index contributed by atoms with van der Waals surface area (Å²) in [5, 5.41) is 117. The highest BCUT2D eigenvalue weighted by Gasteiger charge is 2.84. The summed E-state index contributed by atoms with van der Waals surface area (Å²) in [5.74, 6) is 0.571. The molecule has 2 heterocycles. The van der Waals surface area contributed by atoms with E-state index in [0.717, 1.165) is 38.5 Å². The fraction of sp³-hybridized carbons (Fsp3) is 1.00. The lowest BCUT2D eigenvalue weighted by atomic mass is 9.41. The molecule has 2 saturated heterocycles. The summed E-state index contributed by atoms with van der Waals surface area (Å²) in [6, 6.07) is 0. The number of rotatable bonds is 12. The van der Waals surface area contributed by atoms with E-state index in [1.165, 1.54) is 0 Å². The zero-order valence-corrected chi connectivity index (χ0v) is 34.6. The largest absolute Gasteiger partial charge is 0.396 e. The van der Waals surface area contributed by atoms with Crippen LogP contribution in [0, 0.1) is 50.7 Å². The van der Waals surface area contributed by atoms with Crippen LogP contribution in [0.4, 0.5) is 0 Å². The van der Waals surface area contributed by atoms with Crippen LogP contribution >= 0.6 is 0 Å². The summed E-state index contributed by atoms with van der Waals surface area (Å²) in [6.45, 7) is 11.0. The Hall–Kier alpha value is -0.600. The van der Waals surface area contributed by atoms with Crippen molar-refractivity contribution in [1.29, 1.82) is 0 Å². The third-order valence-corrected chi connectivity index (χ3v) is 17.9. The fourth-order valence-corrected chi connectivity index (χ4v) is 14.4. The Balaban J connectivity index is 1.06. The van der Waals surface area contributed by atoms with Gasteiger partial charge in [-0.25, -0.2) is 0 Å². The predicted molar refractivity (Wildman–Crippen MR) is 202 cm³/mol. The molecule has 2 aliphatic heterocycles. The second-order valence-electron chi connectivity index (χ2n) is 20.9. The van der Waals surface area contributed by atoms with Crippen molar-refractivity contribution in [3.8, 4) is 0 Å². The zero-order valence-electron chi connectivity index (χ0n) is 34.6. The summed E-state index contributed by atoms with van der Waals surface area (Å²) in [5.41, 5.74) is -2.51. The van der Waals surface area contributed by atoms with E-state index in [1.54, 1.807) is 13.8 Å². The van der Waals surface area contributed by atoms with Gasteiger partial charge in [-0.05, 0) is 123 Å². The van der Waals surface area contributed by atoms with Gasteiger partial charge in [-0.15, -0.1) is 0 Å². The van der Waals surface area contributed by atoms with E-state index in [1.807, 2.05) is 6.92 Å². The van der Waals surface area contributed by atoms with Crippen molar-refractivity contribution in [1.82, 2.24) is 0 Å². The average molecular weight is 817 g/mol. The Labute approximate surface area is 336 Å². The minimum Gasteiger partial charge on any atom is -0.396 e. The molecule has 0 aromatic carbocycles. The van der Waals surface area contributed by atoms with Gasteiger partial charge in [0.05, 0.1) is 43.7 Å². The van der Waals surface area contributed by atoms with Gasteiger partial charge < -0.3 is 75.1 Å². The second kappa shape index (κ2) is 15.3. The summed E-state index contributed by atoms with van der Waals surface area (Å²) in [6.07, 6.45) is -8.10. The van der Waals surface area contributed by atoms with Gasteiger partial charge in [0.1, 0.15) is 48.8 Å². The lowest BCUT2D eigenvalue weighted by Crippen LogP contribution is -2.64. The number of hydrogen-bond acceptors (Lipinski definition) is 15. The molecule has 330 valence electrons. The van der Waals surface area contributed by atoms with Gasteiger partial charge in [-0.1, -0.05) is 27.7 Å². The molecular formula is C42H72O15. The maximum atomic E-state index is 12.4. The summed E-state index contributed by atoms with van der Waals surface area (Å²) >= 11 is 0. The van der Waals surface area contributed by atoms with Crippen molar-refractivity contribution >= 4 is 0 Å². The maximum Gasteiger partial charge on any atom is 0.187 e. The molecule has 5 aliphatic carbocycles. The van der Waals surface area contributed by atoms with E-state index in [0.29, 0.717) is 31.6 Å². The number of aliphatic hydroxyl groups excluding tert-OH is 10. The van der Waals surface area contributed by atoms with Crippen molar-refractivity contribution in [3.05, 3.63) is 0 Å². The summed E-state index contributed by atoms with van der Waals surface area (Å²) in [7, 11) is 0. The van der Waals surface area contributed by atoms with E-state index >= 15 is 0 Å². The lowest BCUT2D eigenvalue weighted by molar-refractivity contribution is -0.330. The predicted octanol–water partition coefficient (Wildman–Crippen LogP) is -0.0739. The number of ether oxygens (including phenoxy) is 4. The highest BCUT2D eigenvalue weighted by atomic mass is 16.7. The Morgan fingerprint density at radius 2 is 1.30 bits per heavy atom. The molecule has 57 heavy (non-hydrogen) atoms. The Kier molecular flexibility index (Phi) is 12.0. The molecule has 0 amide bonds. The fourth-order valence-electron chi connectivity index (χ4n) is 14.4. The molecule has 7 aliphatic rings. The highest BCUT2D eigenvalue weighted by molar-refractivity contribution is 5.32. The van der Waals surface area contributed by atoms with Crippen LogP contribution in [0.1, 0.15) is 106 Å². The van der Waals surface area contributed by atoms with Gasteiger partial charge in [0, 0.05) is 5.41 Å². The molecule has 2 spiro atoms. The quantitative estimate of drug-likeness (QED) is 0.115. The molecule has 0 aromatic rings. The van der Waals surface area contributed by atoms with E-state index in [2.05, 4.69) is 20.8 Å². The van der Waals surface area contributed by atoms with Crippen LogP contribution in [-0.2, 0) is 18.9 Å². The molecule has 15 heteroatoms. The molecule has 7 fully saturated rings. The van der Waals surface area contributed by atoms with Crippen molar-refractivity contribution in [3.63, 3.8) is 0 Å². The normalized spacial score (nSPS) is 54.6. The first-order chi connectivity index (χ1) is 26.6. The molecule has 7 rings (SSSR count). The summed E-state index contributed by atoms with van der Waals surface area (Å²) < 4.78 is 23.9. The number of fused-ring (bicyclic) bond motifs is 2. The number of aliphatic hydroxyl groups is 11. The molecule has 0 bridgehead atoms. The molecule has 11 N–H and O–H groups in total. The van der Waals surface area contributed by atoms with Crippen LogP contribution in [0.3, 0.4) is 0 Å². The first-order valence-corrected chi connectivity index (χ1v) is 21.5. The Bertz CT molecular complexity index is 1430. The standard InChI is InChI=1S/C42H72O15/c1-20(7-8-26(37(2,3)53)56-35-32(51)30(49)28(47)23(16-43)54-35)21-9-11-40(6)34-22(46)15-25-38(4,19-45)27(57-36-33(52)31(50)29(48)24(17-44)55-36)10-12-41(25)18-42(34,41)14-13-39(21,40)5/h20-36,43-53H,7-19H2,1-6H3/t20-,21?,22+,23-,24-,25?,26-,27+,28-,29-,30+,31+,32-,33-,34?,35+,36+,38-,39-,40+,41?,42?/m1/s1. The van der Waals surface area contributed by atoms with Crippen molar-refractivity contribution in [2.24, 2.45) is 50.7 Å². The molecule has 0 aromatic heterocycles. The Morgan fingerprint density at radius 1 is 0.702 bits per heavy atom. The van der Waals surface area contributed by atoms with E-state index in [9.17, 15) is 56.2 Å². The molecule has 22 atom stereocenters. The second-order valence-corrected chi connectivity index (χ2v) is 20.9. The minimum absolute atomic E-state index is 0.0589. The number of hydrogen-bond donors (Lipinski definition) is 11. The van der Waals surface area contributed by atoms with Crippen molar-refractivity contribution in [2.45, 2.75) is 191 Å². The van der Waals surface area contributed by atoms with Gasteiger partial charge in [-0.2, -0.15) is 0 Å². The first kappa shape index (κ1) is 44.5. The van der Waals surface area contributed by atoms with Crippen LogP contribution in [0.5, 0.6) is 0 Å².